The van der Waals surface area contributed by atoms with E-state index in [0.29, 0.717) is 11.8 Å². The molecule has 1 unspecified atom stereocenters. The van der Waals surface area contributed by atoms with Crippen LogP contribution in [0, 0.1) is 18.3 Å². The maximum Gasteiger partial charge on any atom is 0.109 e. The van der Waals surface area contributed by atoms with Gasteiger partial charge in [0.15, 0.2) is 0 Å². The van der Waals surface area contributed by atoms with Gasteiger partial charge < -0.3 is 4.42 Å². The van der Waals surface area contributed by atoms with Crippen molar-refractivity contribution >= 4 is 15.9 Å². The van der Waals surface area contributed by atoms with Crippen LogP contribution in [0.25, 0.3) is 0 Å². The zero-order chi connectivity index (χ0) is 9.84. The van der Waals surface area contributed by atoms with E-state index in [4.69, 9.17) is 10.8 Å². The fraction of sp³-hybridized carbons (Fsp3) is 0.455. The Labute approximate surface area is 87.6 Å². The van der Waals surface area contributed by atoms with Crippen LogP contribution in [0.1, 0.15) is 31.9 Å². The van der Waals surface area contributed by atoms with E-state index >= 15 is 0 Å². The topological polar surface area (TPSA) is 13.1 Å². The molecule has 0 saturated heterocycles. The number of furan rings is 1. The Balaban J connectivity index is 2.83. The van der Waals surface area contributed by atoms with E-state index in [1.807, 2.05) is 6.07 Å². The number of hydrogen-bond acceptors (Lipinski definition) is 1. The van der Waals surface area contributed by atoms with Crippen molar-refractivity contribution in [2.45, 2.75) is 26.2 Å². The van der Waals surface area contributed by atoms with Gasteiger partial charge in [-0.25, -0.2) is 0 Å². The quantitative estimate of drug-likeness (QED) is 0.733. The fourth-order valence-corrected chi connectivity index (χ4v) is 1.63. The normalized spacial score (nSPS) is 12.8. The predicted molar refractivity (Wildman–Crippen MR) is 57.4 cm³/mol. The molecule has 0 aliphatic heterocycles. The van der Waals surface area contributed by atoms with Gasteiger partial charge >= 0.3 is 0 Å². The second kappa shape index (κ2) is 4.53. The van der Waals surface area contributed by atoms with Gasteiger partial charge in [0.05, 0.1) is 4.47 Å². The Morgan fingerprint density at radius 3 is 2.69 bits per heavy atom. The Bertz CT molecular complexity index is 306. The third-order valence-corrected chi connectivity index (χ3v) is 2.51. The summed E-state index contributed by atoms with van der Waals surface area (Å²) >= 11 is 3.36. The van der Waals surface area contributed by atoms with Crippen molar-refractivity contribution in [3.05, 3.63) is 22.6 Å². The zero-order valence-corrected chi connectivity index (χ0v) is 9.47. The Kier molecular flexibility index (Phi) is 3.62. The molecule has 1 rings (SSSR count). The van der Waals surface area contributed by atoms with Crippen molar-refractivity contribution in [3.8, 4) is 12.3 Å². The number of hydrogen-bond donors (Lipinski definition) is 0. The standard InChI is InChI=1S/C11H13BrO/c1-4-5-10(8(2)3)11-6-9(12)7-13-11/h1,6-8,10H,5H2,2-3H3. The van der Waals surface area contributed by atoms with Gasteiger partial charge in [-0.05, 0) is 27.9 Å². The highest BCUT2D eigenvalue weighted by Crippen LogP contribution is 2.30. The van der Waals surface area contributed by atoms with Crippen LogP contribution in [0.5, 0.6) is 0 Å². The molecule has 1 aromatic rings. The van der Waals surface area contributed by atoms with Crippen LogP contribution in [-0.2, 0) is 0 Å². The lowest BCUT2D eigenvalue weighted by Gasteiger charge is -2.14. The van der Waals surface area contributed by atoms with E-state index in [9.17, 15) is 0 Å². The third-order valence-electron chi connectivity index (χ3n) is 2.10. The van der Waals surface area contributed by atoms with E-state index in [1.165, 1.54) is 0 Å². The van der Waals surface area contributed by atoms with Crippen molar-refractivity contribution in [2.75, 3.05) is 0 Å². The first-order valence-corrected chi connectivity index (χ1v) is 5.12. The highest BCUT2D eigenvalue weighted by atomic mass is 79.9. The molecule has 1 atom stereocenters. The zero-order valence-electron chi connectivity index (χ0n) is 7.88. The summed E-state index contributed by atoms with van der Waals surface area (Å²) in [5, 5.41) is 0. The Morgan fingerprint density at radius 1 is 1.62 bits per heavy atom. The van der Waals surface area contributed by atoms with Crippen molar-refractivity contribution in [2.24, 2.45) is 5.92 Å². The SMILES string of the molecule is C#CCC(c1cc(Br)co1)C(C)C. The molecule has 0 amide bonds. The molecule has 0 aromatic carbocycles. The van der Waals surface area contributed by atoms with Crippen molar-refractivity contribution in [1.82, 2.24) is 0 Å². The highest BCUT2D eigenvalue weighted by Gasteiger charge is 2.17. The minimum Gasteiger partial charge on any atom is -0.468 e. The summed E-state index contributed by atoms with van der Waals surface area (Å²) in [4.78, 5) is 0. The van der Waals surface area contributed by atoms with Crippen LogP contribution in [0.15, 0.2) is 21.2 Å². The van der Waals surface area contributed by atoms with Gasteiger partial charge in [0.1, 0.15) is 12.0 Å². The lowest BCUT2D eigenvalue weighted by molar-refractivity contribution is 0.399. The average molecular weight is 241 g/mol. The summed E-state index contributed by atoms with van der Waals surface area (Å²) < 4.78 is 6.37. The molecular formula is C11H13BrO. The first kappa shape index (κ1) is 10.4. The monoisotopic (exact) mass is 240 g/mol. The molecule has 0 spiro atoms. The maximum absolute atomic E-state index is 5.40. The smallest absolute Gasteiger partial charge is 0.109 e. The van der Waals surface area contributed by atoms with Crippen LogP contribution in [0.4, 0.5) is 0 Å². The lowest BCUT2D eigenvalue weighted by Crippen LogP contribution is -2.04. The molecule has 0 aliphatic carbocycles. The van der Waals surface area contributed by atoms with E-state index in [-0.39, 0.29) is 0 Å². The summed E-state index contributed by atoms with van der Waals surface area (Å²) in [5.41, 5.74) is 0. The first-order valence-electron chi connectivity index (χ1n) is 4.32. The van der Waals surface area contributed by atoms with Crippen molar-refractivity contribution in [1.29, 1.82) is 0 Å². The Morgan fingerprint density at radius 2 is 2.31 bits per heavy atom. The number of halogens is 1. The predicted octanol–water partition coefficient (Wildman–Crippen LogP) is 3.81. The van der Waals surface area contributed by atoms with Gasteiger partial charge in [0.2, 0.25) is 0 Å². The summed E-state index contributed by atoms with van der Waals surface area (Å²) in [5.74, 6) is 4.49. The van der Waals surface area contributed by atoms with E-state index in [2.05, 4.69) is 35.7 Å². The summed E-state index contributed by atoms with van der Waals surface area (Å²) in [6.07, 6.45) is 7.74. The minimum absolute atomic E-state index is 0.330. The molecule has 1 heterocycles. The highest BCUT2D eigenvalue weighted by molar-refractivity contribution is 9.10. The molecule has 0 aliphatic rings. The Hall–Kier alpha value is -0.680. The second-order valence-electron chi connectivity index (χ2n) is 3.43. The van der Waals surface area contributed by atoms with Crippen LogP contribution in [-0.4, -0.2) is 0 Å². The molecule has 1 aromatic heterocycles. The lowest BCUT2D eigenvalue weighted by atomic mass is 9.91. The van der Waals surface area contributed by atoms with E-state index in [0.717, 1.165) is 16.7 Å². The van der Waals surface area contributed by atoms with Crippen molar-refractivity contribution in [3.63, 3.8) is 0 Å². The van der Waals surface area contributed by atoms with Gasteiger partial charge in [-0.1, -0.05) is 13.8 Å². The van der Waals surface area contributed by atoms with Gasteiger partial charge in [-0.15, -0.1) is 12.3 Å². The molecule has 0 radical (unpaired) electrons. The van der Waals surface area contributed by atoms with Gasteiger partial charge in [0, 0.05) is 12.3 Å². The molecular weight excluding hydrogens is 228 g/mol. The minimum atomic E-state index is 0.330. The molecule has 0 saturated carbocycles. The van der Waals surface area contributed by atoms with Gasteiger partial charge in [-0.2, -0.15) is 0 Å². The summed E-state index contributed by atoms with van der Waals surface area (Å²) in [6, 6.07) is 1.99. The van der Waals surface area contributed by atoms with E-state index < -0.39 is 0 Å². The van der Waals surface area contributed by atoms with Crippen LogP contribution in [0.3, 0.4) is 0 Å². The first-order chi connectivity index (χ1) is 6.15. The molecule has 0 bridgehead atoms. The molecule has 13 heavy (non-hydrogen) atoms. The van der Waals surface area contributed by atoms with Gasteiger partial charge in [-0.3, -0.25) is 0 Å². The van der Waals surface area contributed by atoms with Gasteiger partial charge in [0.25, 0.3) is 0 Å². The van der Waals surface area contributed by atoms with Crippen LogP contribution >= 0.6 is 15.9 Å². The number of rotatable bonds is 3. The average Bonchev–Trinajstić information content (AvgIpc) is 2.46. The maximum atomic E-state index is 5.40. The van der Waals surface area contributed by atoms with Crippen LogP contribution < -0.4 is 0 Å². The molecule has 70 valence electrons. The fourth-order valence-electron chi connectivity index (χ4n) is 1.31. The van der Waals surface area contributed by atoms with Crippen LogP contribution in [0.2, 0.25) is 0 Å². The largest absolute Gasteiger partial charge is 0.468 e. The molecule has 0 fully saturated rings. The van der Waals surface area contributed by atoms with Crippen molar-refractivity contribution < 1.29 is 4.42 Å². The third kappa shape index (κ3) is 2.63. The summed E-state index contributed by atoms with van der Waals surface area (Å²) in [7, 11) is 0. The molecule has 2 heteroatoms. The molecule has 0 N–H and O–H groups in total. The van der Waals surface area contributed by atoms with E-state index in [1.54, 1.807) is 6.26 Å². The molecule has 1 nitrogen and oxygen atoms in total. The summed E-state index contributed by atoms with van der Waals surface area (Å²) in [6.45, 7) is 4.30. The number of terminal acetylenes is 1. The second-order valence-corrected chi connectivity index (χ2v) is 4.34.